The summed E-state index contributed by atoms with van der Waals surface area (Å²) < 4.78 is 27.3. The number of amides is 1. The first kappa shape index (κ1) is 14.5. The maximum atomic E-state index is 13.8. The summed E-state index contributed by atoms with van der Waals surface area (Å²) in [6, 6.07) is 1.34. The van der Waals surface area contributed by atoms with E-state index in [9.17, 15) is 23.7 Å². The van der Waals surface area contributed by atoms with Crippen LogP contribution in [0, 0.1) is 21.7 Å². The van der Waals surface area contributed by atoms with Gasteiger partial charge in [0.05, 0.1) is 4.92 Å². The number of nitrogens with zero attached hydrogens (tertiary/aromatic N) is 3. The molecule has 1 aromatic heterocycles. The number of carbonyl (C=O) groups excluding carboxylic acids is 1. The lowest BCUT2D eigenvalue weighted by molar-refractivity contribution is -0.387. The number of carbonyl (C=O) groups is 1. The summed E-state index contributed by atoms with van der Waals surface area (Å²) in [6.45, 7) is 0.0373. The molecule has 1 aromatic carbocycles. The van der Waals surface area contributed by atoms with Crippen LogP contribution in [0.2, 0.25) is 0 Å². The fourth-order valence-corrected chi connectivity index (χ4v) is 1.62. The summed E-state index contributed by atoms with van der Waals surface area (Å²) in [6.07, 6.45) is 1.54. The molecule has 0 saturated heterocycles. The van der Waals surface area contributed by atoms with Crippen molar-refractivity contribution in [3.8, 4) is 0 Å². The molecule has 1 amide bonds. The molecule has 0 fully saturated rings. The van der Waals surface area contributed by atoms with Gasteiger partial charge in [0.2, 0.25) is 5.82 Å². The number of nitro groups is 1. The van der Waals surface area contributed by atoms with E-state index in [0.717, 1.165) is 0 Å². The Morgan fingerprint density at radius 3 is 2.81 bits per heavy atom. The van der Waals surface area contributed by atoms with Crippen molar-refractivity contribution >= 4 is 11.6 Å². The van der Waals surface area contributed by atoms with E-state index in [1.54, 1.807) is 0 Å². The van der Waals surface area contributed by atoms with Gasteiger partial charge in [-0.05, 0) is 6.07 Å². The van der Waals surface area contributed by atoms with Crippen LogP contribution >= 0.6 is 0 Å². The van der Waals surface area contributed by atoms with Crippen molar-refractivity contribution in [1.82, 2.24) is 20.5 Å². The van der Waals surface area contributed by atoms with Crippen LogP contribution in [0.15, 0.2) is 18.5 Å². The van der Waals surface area contributed by atoms with Gasteiger partial charge < -0.3 is 5.32 Å². The Labute approximate surface area is 116 Å². The van der Waals surface area contributed by atoms with E-state index >= 15 is 0 Å². The van der Waals surface area contributed by atoms with Gasteiger partial charge in [0.15, 0.2) is 0 Å². The molecule has 0 unspecified atom stereocenters. The third kappa shape index (κ3) is 3.16. The van der Waals surface area contributed by atoms with Crippen molar-refractivity contribution in [3.05, 3.63) is 51.6 Å². The minimum absolute atomic E-state index is 0.0373. The van der Waals surface area contributed by atoms with Crippen LogP contribution in [0.25, 0.3) is 0 Å². The van der Waals surface area contributed by atoms with Crippen molar-refractivity contribution in [1.29, 1.82) is 0 Å². The van der Waals surface area contributed by atoms with Crippen LogP contribution < -0.4 is 5.32 Å². The number of aromatic amines is 1. The fourth-order valence-electron chi connectivity index (χ4n) is 1.62. The van der Waals surface area contributed by atoms with Crippen molar-refractivity contribution in [3.63, 3.8) is 0 Å². The molecule has 0 aliphatic rings. The van der Waals surface area contributed by atoms with E-state index in [1.165, 1.54) is 6.33 Å². The molecule has 0 aliphatic carbocycles. The van der Waals surface area contributed by atoms with E-state index < -0.39 is 33.7 Å². The quantitative estimate of drug-likeness (QED) is 0.630. The van der Waals surface area contributed by atoms with Crippen molar-refractivity contribution in [2.24, 2.45) is 0 Å². The highest BCUT2D eigenvalue weighted by molar-refractivity contribution is 5.95. The molecule has 110 valence electrons. The number of aromatic nitrogens is 3. The maximum Gasteiger partial charge on any atom is 0.305 e. The molecule has 8 nitrogen and oxygen atoms in total. The topological polar surface area (TPSA) is 114 Å². The zero-order chi connectivity index (χ0) is 15.4. The van der Waals surface area contributed by atoms with Crippen LogP contribution in [-0.2, 0) is 6.42 Å². The molecule has 21 heavy (non-hydrogen) atoms. The van der Waals surface area contributed by atoms with Crippen LogP contribution in [0.1, 0.15) is 16.2 Å². The molecular formula is C11H9F2N5O3. The van der Waals surface area contributed by atoms with Gasteiger partial charge in [0.25, 0.3) is 5.91 Å². The van der Waals surface area contributed by atoms with Crippen LogP contribution in [0.5, 0.6) is 0 Å². The summed E-state index contributed by atoms with van der Waals surface area (Å²) in [5.74, 6) is -3.27. The Balaban J connectivity index is 2.11. The second-order valence-electron chi connectivity index (χ2n) is 3.95. The molecule has 0 spiro atoms. The van der Waals surface area contributed by atoms with Gasteiger partial charge in [-0.3, -0.25) is 20.0 Å². The Morgan fingerprint density at radius 1 is 1.43 bits per heavy atom. The average molecular weight is 297 g/mol. The number of H-pyrrole nitrogens is 1. The third-order valence-corrected chi connectivity index (χ3v) is 2.61. The first-order chi connectivity index (χ1) is 10.0. The van der Waals surface area contributed by atoms with Gasteiger partial charge in [-0.1, -0.05) is 0 Å². The number of nitro benzene ring substituents is 1. The Kier molecular flexibility index (Phi) is 4.16. The number of rotatable bonds is 5. The summed E-state index contributed by atoms with van der Waals surface area (Å²) in [7, 11) is 0. The van der Waals surface area contributed by atoms with E-state index in [1.807, 2.05) is 0 Å². The highest BCUT2D eigenvalue weighted by atomic mass is 19.1. The van der Waals surface area contributed by atoms with Gasteiger partial charge in [0.1, 0.15) is 23.5 Å². The molecule has 2 rings (SSSR count). The monoisotopic (exact) mass is 297 g/mol. The first-order valence-corrected chi connectivity index (χ1v) is 5.75. The minimum atomic E-state index is -1.50. The van der Waals surface area contributed by atoms with Crippen LogP contribution in [0.4, 0.5) is 14.5 Å². The van der Waals surface area contributed by atoms with Gasteiger partial charge in [-0.2, -0.15) is 9.49 Å². The summed E-state index contributed by atoms with van der Waals surface area (Å²) >= 11 is 0. The molecule has 0 radical (unpaired) electrons. The lowest BCUT2D eigenvalue weighted by atomic mass is 10.1. The Hall–Kier alpha value is -2.91. The lowest BCUT2D eigenvalue weighted by Gasteiger charge is -2.06. The average Bonchev–Trinajstić information content (AvgIpc) is 2.91. The van der Waals surface area contributed by atoms with Crippen LogP contribution in [0.3, 0.4) is 0 Å². The Morgan fingerprint density at radius 2 is 2.19 bits per heavy atom. The smallest absolute Gasteiger partial charge is 0.305 e. The first-order valence-electron chi connectivity index (χ1n) is 5.75. The number of hydrogen-bond acceptors (Lipinski definition) is 5. The molecule has 10 heteroatoms. The van der Waals surface area contributed by atoms with E-state index in [-0.39, 0.29) is 13.0 Å². The Bertz CT molecular complexity index is 675. The molecule has 0 atom stereocenters. The predicted octanol–water partition coefficient (Wildman–Crippen LogP) is 0.964. The fraction of sp³-hybridized carbons (Fsp3) is 0.182. The molecule has 2 aromatic rings. The van der Waals surface area contributed by atoms with Crippen molar-refractivity contribution < 1.29 is 18.5 Å². The summed E-state index contributed by atoms with van der Waals surface area (Å²) in [5, 5.41) is 19.0. The lowest BCUT2D eigenvalue weighted by Crippen LogP contribution is -2.28. The molecule has 0 aliphatic heterocycles. The van der Waals surface area contributed by atoms with Gasteiger partial charge in [-0.15, -0.1) is 0 Å². The van der Waals surface area contributed by atoms with Gasteiger partial charge >= 0.3 is 5.69 Å². The third-order valence-electron chi connectivity index (χ3n) is 2.61. The molecule has 1 heterocycles. The zero-order valence-electron chi connectivity index (χ0n) is 10.5. The summed E-state index contributed by atoms with van der Waals surface area (Å²) in [5.41, 5.74) is -1.95. The zero-order valence-corrected chi connectivity index (χ0v) is 10.5. The number of halogens is 2. The van der Waals surface area contributed by atoms with E-state index in [2.05, 4.69) is 20.5 Å². The number of benzene rings is 1. The second kappa shape index (κ2) is 6.03. The van der Waals surface area contributed by atoms with Crippen molar-refractivity contribution in [2.45, 2.75) is 6.42 Å². The van der Waals surface area contributed by atoms with E-state index in [4.69, 9.17) is 0 Å². The van der Waals surface area contributed by atoms with E-state index in [0.29, 0.717) is 18.0 Å². The highest BCUT2D eigenvalue weighted by Crippen LogP contribution is 2.22. The molecule has 2 N–H and O–H groups in total. The second-order valence-corrected chi connectivity index (χ2v) is 3.95. The van der Waals surface area contributed by atoms with Gasteiger partial charge in [0, 0.05) is 19.0 Å². The SMILES string of the molecule is O=C(NCCc1ncn[nH]1)c1c(F)ccc([N+](=O)[O-])c1F. The van der Waals surface area contributed by atoms with Gasteiger partial charge in [-0.25, -0.2) is 9.37 Å². The summed E-state index contributed by atoms with van der Waals surface area (Å²) in [4.78, 5) is 25.1. The normalized spacial score (nSPS) is 10.4. The highest BCUT2D eigenvalue weighted by Gasteiger charge is 2.25. The number of nitrogens with one attached hydrogen (secondary N) is 2. The van der Waals surface area contributed by atoms with Crippen LogP contribution in [-0.4, -0.2) is 32.6 Å². The van der Waals surface area contributed by atoms with Crippen molar-refractivity contribution in [2.75, 3.05) is 6.54 Å². The predicted molar refractivity (Wildman–Crippen MR) is 65.4 cm³/mol. The minimum Gasteiger partial charge on any atom is -0.351 e. The molecule has 0 saturated carbocycles. The maximum absolute atomic E-state index is 13.8. The number of hydrogen-bond donors (Lipinski definition) is 2. The largest absolute Gasteiger partial charge is 0.351 e. The molecular weight excluding hydrogens is 288 g/mol. The standard InChI is InChI=1S/C11H9F2N5O3/c12-6-1-2-7(18(20)21)10(13)9(6)11(19)14-4-3-8-15-5-16-17-8/h1-2,5H,3-4H2,(H,14,19)(H,15,16,17). The molecule has 0 bridgehead atoms.